The first-order valence-electron chi connectivity index (χ1n) is 7.13. The van der Waals surface area contributed by atoms with E-state index in [1.54, 1.807) is 0 Å². The van der Waals surface area contributed by atoms with E-state index in [0.29, 0.717) is 5.56 Å². The Kier molecular flexibility index (Phi) is 5.43. The van der Waals surface area contributed by atoms with Gasteiger partial charge in [0.1, 0.15) is 5.56 Å². The molecule has 2 aromatic rings. The first-order chi connectivity index (χ1) is 11.8. The number of carbonyl (C=O) groups excluding carboxylic acids is 2. The lowest BCUT2D eigenvalue weighted by atomic mass is 10.1. The largest absolute Gasteiger partial charge is 0.494 e. The molecule has 0 unspecified atom stereocenters. The van der Waals surface area contributed by atoms with Crippen LogP contribution in [0.25, 0.3) is 0 Å². The van der Waals surface area contributed by atoms with Gasteiger partial charge in [-0.3, -0.25) is 14.9 Å². The number of nitro groups is 1. The summed E-state index contributed by atoms with van der Waals surface area (Å²) in [6.07, 6.45) is 0. The summed E-state index contributed by atoms with van der Waals surface area (Å²) in [6, 6.07) is 7.69. The van der Waals surface area contributed by atoms with Crippen molar-refractivity contribution >= 4 is 17.4 Å². The molecule has 0 heterocycles. The van der Waals surface area contributed by atoms with Crippen LogP contribution in [0.3, 0.4) is 0 Å². The van der Waals surface area contributed by atoms with Crippen LogP contribution in [0.5, 0.6) is 5.75 Å². The fourth-order valence-corrected chi connectivity index (χ4v) is 2.20. The molecule has 8 heteroatoms. The van der Waals surface area contributed by atoms with E-state index in [4.69, 9.17) is 9.47 Å². The minimum Gasteiger partial charge on any atom is -0.494 e. The smallest absolute Gasteiger partial charge is 0.345 e. The van der Waals surface area contributed by atoms with Gasteiger partial charge in [0, 0.05) is 11.6 Å². The van der Waals surface area contributed by atoms with E-state index in [1.807, 2.05) is 0 Å². The molecule has 0 aromatic heterocycles. The predicted octanol–water partition coefficient (Wildman–Crippen LogP) is 3.09. The number of carbonyl (C=O) groups is 2. The van der Waals surface area contributed by atoms with Crippen molar-refractivity contribution in [3.63, 3.8) is 0 Å². The molecule has 0 saturated carbocycles. The Bertz CT molecular complexity index is 849. The van der Waals surface area contributed by atoms with Gasteiger partial charge >= 0.3 is 5.97 Å². The Labute approximate surface area is 142 Å². The van der Waals surface area contributed by atoms with Crippen molar-refractivity contribution in [2.45, 2.75) is 6.92 Å². The van der Waals surface area contributed by atoms with Gasteiger partial charge in [-0.25, -0.2) is 9.18 Å². The predicted molar refractivity (Wildman–Crippen MR) is 85.4 cm³/mol. The quantitative estimate of drug-likeness (QED) is 0.345. The molecule has 25 heavy (non-hydrogen) atoms. The summed E-state index contributed by atoms with van der Waals surface area (Å²) < 4.78 is 23.2. The molecule has 0 aliphatic heterocycles. The molecular weight excluding hydrogens is 333 g/mol. The van der Waals surface area contributed by atoms with Crippen molar-refractivity contribution in [3.8, 4) is 5.75 Å². The number of halogens is 1. The number of hydrogen-bond acceptors (Lipinski definition) is 6. The Hall–Kier alpha value is -3.29. The molecule has 0 spiro atoms. The standard InChI is InChI=1S/C17H14FNO6/c1-10-4-3-5-13(19(22)23)16(10)17(21)25-9-14(20)11-6-7-15(24-2)12(18)8-11/h3-8H,9H2,1-2H3. The maximum absolute atomic E-state index is 13.6. The Balaban J connectivity index is 2.14. The molecular formula is C17H14FNO6. The van der Waals surface area contributed by atoms with Crippen molar-refractivity contribution in [2.24, 2.45) is 0 Å². The number of Topliss-reactive ketones (excluding diaryl/α,β-unsaturated/α-hetero) is 1. The minimum absolute atomic E-state index is 0.00890. The molecule has 2 rings (SSSR count). The second-order valence-electron chi connectivity index (χ2n) is 5.07. The zero-order chi connectivity index (χ0) is 18.6. The van der Waals surface area contributed by atoms with Crippen molar-refractivity contribution in [1.29, 1.82) is 0 Å². The summed E-state index contributed by atoms with van der Waals surface area (Å²) in [5.74, 6) is -2.39. The van der Waals surface area contributed by atoms with E-state index in [-0.39, 0.29) is 16.9 Å². The number of aryl methyl sites for hydroxylation is 1. The van der Waals surface area contributed by atoms with Crippen LogP contribution in [0, 0.1) is 22.9 Å². The first kappa shape index (κ1) is 18.1. The topological polar surface area (TPSA) is 95.7 Å². The number of ether oxygens (including phenoxy) is 2. The SMILES string of the molecule is COc1ccc(C(=O)COC(=O)c2c(C)cccc2[N+](=O)[O-])cc1F. The van der Waals surface area contributed by atoms with Gasteiger partial charge < -0.3 is 9.47 Å². The van der Waals surface area contributed by atoms with Gasteiger partial charge in [0.15, 0.2) is 24.0 Å². The minimum atomic E-state index is -0.993. The summed E-state index contributed by atoms with van der Waals surface area (Å²) in [5.41, 5.74) is -0.290. The van der Waals surface area contributed by atoms with E-state index in [2.05, 4.69) is 0 Å². The lowest BCUT2D eigenvalue weighted by Crippen LogP contribution is -2.16. The average molecular weight is 347 g/mol. The Morgan fingerprint density at radius 3 is 2.56 bits per heavy atom. The van der Waals surface area contributed by atoms with Crippen LogP contribution in [0.4, 0.5) is 10.1 Å². The second kappa shape index (κ2) is 7.52. The molecule has 0 saturated heterocycles. The molecule has 0 amide bonds. The van der Waals surface area contributed by atoms with Crippen molar-refractivity contribution in [3.05, 3.63) is 69.0 Å². The van der Waals surface area contributed by atoms with E-state index in [9.17, 15) is 24.1 Å². The third-order valence-electron chi connectivity index (χ3n) is 3.46. The van der Waals surface area contributed by atoms with Gasteiger partial charge in [-0.05, 0) is 30.7 Å². The zero-order valence-electron chi connectivity index (χ0n) is 13.4. The van der Waals surface area contributed by atoms with Crippen molar-refractivity contribution in [2.75, 3.05) is 13.7 Å². The third kappa shape index (κ3) is 3.97. The van der Waals surface area contributed by atoms with Crippen LogP contribution >= 0.6 is 0 Å². The highest BCUT2D eigenvalue weighted by molar-refractivity contribution is 6.00. The number of nitro benzene ring substituents is 1. The Morgan fingerprint density at radius 1 is 1.24 bits per heavy atom. The highest BCUT2D eigenvalue weighted by atomic mass is 19.1. The monoisotopic (exact) mass is 347 g/mol. The maximum atomic E-state index is 13.6. The van der Waals surface area contributed by atoms with Gasteiger partial charge in [0.05, 0.1) is 12.0 Å². The molecule has 0 radical (unpaired) electrons. The zero-order valence-corrected chi connectivity index (χ0v) is 13.4. The molecule has 0 bridgehead atoms. The molecule has 130 valence electrons. The summed E-state index contributed by atoms with van der Waals surface area (Å²) in [5, 5.41) is 11.0. The second-order valence-corrected chi connectivity index (χ2v) is 5.07. The summed E-state index contributed by atoms with van der Waals surface area (Å²) >= 11 is 0. The fourth-order valence-electron chi connectivity index (χ4n) is 2.20. The van der Waals surface area contributed by atoms with Crippen LogP contribution in [0.15, 0.2) is 36.4 Å². The molecule has 2 aromatic carbocycles. The van der Waals surface area contributed by atoms with Gasteiger partial charge in [0.25, 0.3) is 5.69 Å². The molecule has 0 aliphatic carbocycles. The van der Waals surface area contributed by atoms with Crippen LogP contribution in [-0.4, -0.2) is 30.4 Å². The highest BCUT2D eigenvalue weighted by Crippen LogP contribution is 2.23. The number of rotatable bonds is 6. The number of methoxy groups -OCH3 is 1. The molecule has 0 atom stereocenters. The van der Waals surface area contributed by atoms with E-state index in [0.717, 1.165) is 6.07 Å². The number of esters is 1. The summed E-state index contributed by atoms with van der Waals surface area (Å²) in [7, 11) is 1.29. The summed E-state index contributed by atoms with van der Waals surface area (Å²) in [6.45, 7) is 0.848. The van der Waals surface area contributed by atoms with Crippen LogP contribution < -0.4 is 4.74 Å². The maximum Gasteiger partial charge on any atom is 0.345 e. The van der Waals surface area contributed by atoms with E-state index in [1.165, 1.54) is 44.4 Å². The lowest BCUT2D eigenvalue weighted by molar-refractivity contribution is -0.385. The van der Waals surface area contributed by atoms with Crippen molar-refractivity contribution in [1.82, 2.24) is 0 Å². The fraction of sp³-hybridized carbons (Fsp3) is 0.176. The average Bonchev–Trinajstić information content (AvgIpc) is 2.58. The van der Waals surface area contributed by atoms with Crippen LogP contribution in [0.1, 0.15) is 26.3 Å². The molecule has 0 N–H and O–H groups in total. The van der Waals surface area contributed by atoms with Crippen LogP contribution in [-0.2, 0) is 4.74 Å². The number of benzene rings is 2. The van der Waals surface area contributed by atoms with Crippen LogP contribution in [0.2, 0.25) is 0 Å². The number of nitrogens with zero attached hydrogens (tertiary/aromatic N) is 1. The Morgan fingerprint density at radius 2 is 1.96 bits per heavy atom. The van der Waals surface area contributed by atoms with E-state index >= 15 is 0 Å². The van der Waals surface area contributed by atoms with Gasteiger partial charge in [0.2, 0.25) is 0 Å². The van der Waals surface area contributed by atoms with Gasteiger partial charge in [-0.15, -0.1) is 0 Å². The first-order valence-corrected chi connectivity index (χ1v) is 7.13. The number of hydrogen-bond donors (Lipinski definition) is 0. The summed E-state index contributed by atoms with van der Waals surface area (Å²) in [4.78, 5) is 34.4. The van der Waals surface area contributed by atoms with Gasteiger partial charge in [-0.1, -0.05) is 12.1 Å². The highest BCUT2D eigenvalue weighted by Gasteiger charge is 2.24. The van der Waals surface area contributed by atoms with Crippen molar-refractivity contribution < 1.29 is 28.4 Å². The normalized spacial score (nSPS) is 10.2. The molecule has 0 fully saturated rings. The van der Waals surface area contributed by atoms with E-state index < -0.39 is 34.8 Å². The molecule has 7 nitrogen and oxygen atoms in total. The third-order valence-corrected chi connectivity index (χ3v) is 3.46. The van der Waals surface area contributed by atoms with Gasteiger partial charge in [-0.2, -0.15) is 0 Å². The lowest BCUT2D eigenvalue weighted by Gasteiger charge is -2.08. The molecule has 0 aliphatic rings. The number of ketones is 1.